The third-order valence-electron chi connectivity index (χ3n) is 3.11. The van der Waals surface area contributed by atoms with Gasteiger partial charge in [-0.05, 0) is 23.8 Å². The molecule has 2 heterocycles. The van der Waals surface area contributed by atoms with Crippen LogP contribution in [0.25, 0.3) is 10.9 Å². The molecule has 0 unspecified atom stereocenters. The van der Waals surface area contributed by atoms with E-state index in [0.717, 1.165) is 16.5 Å². The lowest BCUT2D eigenvalue weighted by molar-refractivity contribution is 0.765. The summed E-state index contributed by atoms with van der Waals surface area (Å²) in [7, 11) is 0. The molecule has 2 aromatic heterocycles. The second-order valence-corrected chi connectivity index (χ2v) is 4.39. The van der Waals surface area contributed by atoms with Gasteiger partial charge >= 0.3 is 0 Å². The van der Waals surface area contributed by atoms with Crippen molar-refractivity contribution in [2.75, 3.05) is 5.73 Å². The van der Waals surface area contributed by atoms with E-state index < -0.39 is 0 Å². The summed E-state index contributed by atoms with van der Waals surface area (Å²) in [5.74, 6) is 0. The first-order valence-electron chi connectivity index (χ1n) is 6.03. The number of hydrogen-bond acceptors (Lipinski definition) is 3. The number of nitrogens with two attached hydrogens (primary N) is 1. The van der Waals surface area contributed by atoms with E-state index in [-0.39, 0.29) is 11.2 Å². The van der Waals surface area contributed by atoms with Gasteiger partial charge in [0.2, 0.25) is 0 Å². The fraction of sp³-hybridized carbons (Fsp3) is 0.0667. The number of rotatable bonds is 2. The molecular weight excluding hydrogens is 238 g/mol. The molecule has 4 nitrogen and oxygen atoms in total. The van der Waals surface area contributed by atoms with E-state index in [1.54, 1.807) is 29.1 Å². The van der Waals surface area contributed by atoms with Gasteiger partial charge in [-0.2, -0.15) is 0 Å². The lowest BCUT2D eigenvalue weighted by Gasteiger charge is -2.08. The zero-order valence-corrected chi connectivity index (χ0v) is 10.3. The van der Waals surface area contributed by atoms with Crippen LogP contribution < -0.4 is 11.3 Å². The highest BCUT2D eigenvalue weighted by Gasteiger charge is 2.04. The van der Waals surface area contributed by atoms with Crippen LogP contribution in [-0.2, 0) is 6.54 Å². The predicted octanol–water partition coefficient (Wildman–Crippen LogP) is 2.03. The van der Waals surface area contributed by atoms with Gasteiger partial charge < -0.3 is 10.3 Å². The van der Waals surface area contributed by atoms with E-state index in [2.05, 4.69) is 4.98 Å². The Morgan fingerprint density at radius 2 is 1.95 bits per heavy atom. The number of nitrogen functional groups attached to an aromatic ring is 1. The molecule has 0 aliphatic rings. The molecule has 2 N–H and O–H groups in total. The van der Waals surface area contributed by atoms with Gasteiger partial charge in [-0.25, -0.2) is 0 Å². The van der Waals surface area contributed by atoms with Crippen LogP contribution in [0.5, 0.6) is 0 Å². The predicted molar refractivity (Wildman–Crippen MR) is 76.0 cm³/mol. The van der Waals surface area contributed by atoms with Gasteiger partial charge in [0, 0.05) is 17.8 Å². The van der Waals surface area contributed by atoms with E-state index in [9.17, 15) is 4.79 Å². The summed E-state index contributed by atoms with van der Waals surface area (Å²) >= 11 is 0. The Morgan fingerprint density at radius 1 is 1.11 bits per heavy atom. The second kappa shape index (κ2) is 4.57. The Hall–Kier alpha value is -2.62. The smallest absolute Gasteiger partial charge is 0.273 e. The summed E-state index contributed by atoms with van der Waals surface area (Å²) in [5, 5.41) is 1.07. The van der Waals surface area contributed by atoms with Crippen molar-refractivity contribution in [1.82, 2.24) is 9.55 Å². The molecule has 0 saturated carbocycles. The summed E-state index contributed by atoms with van der Waals surface area (Å²) in [4.78, 5) is 16.3. The van der Waals surface area contributed by atoms with Crippen LogP contribution in [-0.4, -0.2) is 9.55 Å². The quantitative estimate of drug-likeness (QED) is 0.758. The van der Waals surface area contributed by atoms with E-state index in [1.165, 1.54) is 0 Å². The number of aromatic nitrogens is 2. The molecule has 0 spiro atoms. The number of nitrogens with zero attached hydrogens (tertiary/aromatic N) is 2. The molecule has 0 aliphatic heterocycles. The van der Waals surface area contributed by atoms with Crippen LogP contribution in [0.15, 0.2) is 59.7 Å². The fourth-order valence-electron chi connectivity index (χ4n) is 2.16. The van der Waals surface area contributed by atoms with Crippen molar-refractivity contribution in [2.24, 2.45) is 0 Å². The Labute approximate surface area is 110 Å². The standard InChI is InChI=1S/C15H13N3O/c16-13-7-3-9-18(15(13)19)10-12-5-1-4-11-6-2-8-17-14(11)12/h1-9H,10,16H2. The zero-order chi connectivity index (χ0) is 13.2. The molecule has 3 aromatic rings. The van der Waals surface area contributed by atoms with Crippen LogP contribution in [0.4, 0.5) is 5.69 Å². The first-order valence-corrected chi connectivity index (χ1v) is 6.03. The number of fused-ring (bicyclic) bond motifs is 1. The van der Waals surface area contributed by atoms with Crippen LogP contribution in [0.3, 0.4) is 0 Å². The maximum absolute atomic E-state index is 11.9. The van der Waals surface area contributed by atoms with Crippen LogP contribution in [0.1, 0.15) is 5.56 Å². The van der Waals surface area contributed by atoms with Gasteiger partial charge in [-0.15, -0.1) is 0 Å². The number of para-hydroxylation sites is 1. The Balaban J connectivity index is 2.11. The third kappa shape index (κ3) is 2.08. The molecule has 0 saturated heterocycles. The summed E-state index contributed by atoms with van der Waals surface area (Å²) in [6.45, 7) is 0.470. The fourth-order valence-corrected chi connectivity index (χ4v) is 2.16. The molecule has 3 rings (SSSR count). The lowest BCUT2D eigenvalue weighted by atomic mass is 10.1. The zero-order valence-electron chi connectivity index (χ0n) is 10.3. The van der Waals surface area contributed by atoms with Crippen molar-refractivity contribution in [3.8, 4) is 0 Å². The van der Waals surface area contributed by atoms with Crippen LogP contribution >= 0.6 is 0 Å². The molecule has 94 valence electrons. The van der Waals surface area contributed by atoms with Gasteiger partial charge in [0.25, 0.3) is 5.56 Å². The molecule has 0 fully saturated rings. The van der Waals surface area contributed by atoms with E-state index in [0.29, 0.717) is 6.54 Å². The summed E-state index contributed by atoms with van der Waals surface area (Å²) in [5.41, 5.74) is 7.65. The van der Waals surface area contributed by atoms with Crippen molar-refractivity contribution in [2.45, 2.75) is 6.54 Å². The molecule has 0 atom stereocenters. The maximum atomic E-state index is 11.9. The SMILES string of the molecule is Nc1cccn(Cc2cccc3cccnc23)c1=O. The third-order valence-corrected chi connectivity index (χ3v) is 3.11. The molecule has 0 amide bonds. The van der Waals surface area contributed by atoms with E-state index in [4.69, 9.17) is 5.73 Å². The number of benzene rings is 1. The molecule has 0 radical (unpaired) electrons. The van der Waals surface area contributed by atoms with Crippen molar-refractivity contribution < 1.29 is 0 Å². The minimum absolute atomic E-state index is 0.171. The highest BCUT2D eigenvalue weighted by atomic mass is 16.1. The van der Waals surface area contributed by atoms with Crippen molar-refractivity contribution in [3.63, 3.8) is 0 Å². The van der Waals surface area contributed by atoms with E-state index >= 15 is 0 Å². The minimum atomic E-state index is -0.171. The average molecular weight is 251 g/mol. The molecule has 0 bridgehead atoms. The first kappa shape index (κ1) is 11.5. The van der Waals surface area contributed by atoms with Crippen molar-refractivity contribution >= 4 is 16.6 Å². The Morgan fingerprint density at radius 3 is 2.84 bits per heavy atom. The largest absolute Gasteiger partial charge is 0.394 e. The molecule has 0 aliphatic carbocycles. The van der Waals surface area contributed by atoms with Gasteiger partial charge in [-0.3, -0.25) is 9.78 Å². The topological polar surface area (TPSA) is 60.9 Å². The van der Waals surface area contributed by atoms with Gasteiger partial charge in [0.1, 0.15) is 0 Å². The van der Waals surface area contributed by atoms with Gasteiger partial charge in [0.15, 0.2) is 0 Å². The van der Waals surface area contributed by atoms with Gasteiger partial charge in [0.05, 0.1) is 17.7 Å². The van der Waals surface area contributed by atoms with Gasteiger partial charge in [-0.1, -0.05) is 24.3 Å². The lowest BCUT2D eigenvalue weighted by Crippen LogP contribution is -2.22. The summed E-state index contributed by atoms with van der Waals surface area (Å²) in [6.07, 6.45) is 3.49. The van der Waals surface area contributed by atoms with Crippen LogP contribution in [0, 0.1) is 0 Å². The number of hydrogen-bond donors (Lipinski definition) is 1. The van der Waals surface area contributed by atoms with E-state index in [1.807, 2.05) is 30.3 Å². The monoisotopic (exact) mass is 251 g/mol. The summed E-state index contributed by atoms with van der Waals surface area (Å²) in [6, 6.07) is 13.2. The molecule has 4 heteroatoms. The molecule has 1 aromatic carbocycles. The Bertz CT molecular complexity index is 787. The minimum Gasteiger partial charge on any atom is -0.394 e. The Kier molecular flexibility index (Phi) is 2.76. The summed E-state index contributed by atoms with van der Waals surface area (Å²) < 4.78 is 1.60. The molecular formula is C15H13N3O. The highest BCUT2D eigenvalue weighted by Crippen LogP contribution is 2.16. The first-order chi connectivity index (χ1) is 9.25. The van der Waals surface area contributed by atoms with Crippen LogP contribution in [0.2, 0.25) is 0 Å². The number of anilines is 1. The average Bonchev–Trinajstić information content (AvgIpc) is 2.44. The number of pyridine rings is 2. The molecule has 19 heavy (non-hydrogen) atoms. The highest BCUT2D eigenvalue weighted by molar-refractivity contribution is 5.81. The van der Waals surface area contributed by atoms with Crippen molar-refractivity contribution in [1.29, 1.82) is 0 Å². The maximum Gasteiger partial charge on any atom is 0.273 e. The normalized spacial score (nSPS) is 10.7. The van der Waals surface area contributed by atoms with Crippen molar-refractivity contribution in [3.05, 3.63) is 70.8 Å². The second-order valence-electron chi connectivity index (χ2n) is 4.39.